The van der Waals surface area contributed by atoms with E-state index in [0.29, 0.717) is 6.04 Å². The van der Waals surface area contributed by atoms with E-state index < -0.39 is 0 Å². The molecule has 0 aliphatic carbocycles. The summed E-state index contributed by atoms with van der Waals surface area (Å²) in [6, 6.07) is 6.86. The van der Waals surface area contributed by atoms with Gasteiger partial charge in [0.2, 0.25) is 0 Å². The van der Waals surface area contributed by atoms with Crippen molar-refractivity contribution >= 4 is 5.82 Å². The van der Waals surface area contributed by atoms with Crippen molar-refractivity contribution in [2.24, 2.45) is 0 Å². The predicted molar refractivity (Wildman–Crippen MR) is 88.1 cm³/mol. The van der Waals surface area contributed by atoms with Crippen molar-refractivity contribution in [3.8, 4) is 0 Å². The summed E-state index contributed by atoms with van der Waals surface area (Å²) in [7, 11) is 0. The molecule has 0 aliphatic rings. The maximum Gasteiger partial charge on any atom is 0.126 e. The zero-order chi connectivity index (χ0) is 14.8. The summed E-state index contributed by atoms with van der Waals surface area (Å²) >= 11 is 0. The Bertz CT molecular complexity index is 363. The minimum atomic E-state index is 0.570. The van der Waals surface area contributed by atoms with Crippen LogP contribution in [0.2, 0.25) is 0 Å². The molecule has 0 aliphatic heterocycles. The van der Waals surface area contributed by atoms with Crippen molar-refractivity contribution in [2.75, 3.05) is 18.4 Å². The molecule has 0 spiro atoms. The Hall–Kier alpha value is -1.09. The third kappa shape index (κ3) is 6.38. The molecule has 3 heteroatoms. The smallest absolute Gasteiger partial charge is 0.126 e. The minimum absolute atomic E-state index is 0.570. The van der Waals surface area contributed by atoms with Gasteiger partial charge in [0.15, 0.2) is 0 Å². The van der Waals surface area contributed by atoms with Crippen LogP contribution in [0.1, 0.15) is 59.1 Å². The van der Waals surface area contributed by atoms with Crippen LogP contribution < -0.4 is 5.32 Å². The van der Waals surface area contributed by atoms with Crippen molar-refractivity contribution in [2.45, 2.75) is 66.0 Å². The van der Waals surface area contributed by atoms with E-state index in [0.717, 1.165) is 31.0 Å². The molecule has 1 rings (SSSR count). The van der Waals surface area contributed by atoms with E-state index in [1.165, 1.54) is 25.8 Å². The Morgan fingerprint density at radius 2 is 1.95 bits per heavy atom. The number of unbranched alkanes of at least 4 members (excludes halogenated alkanes) is 2. The molecule has 1 heterocycles. The Morgan fingerprint density at radius 1 is 1.15 bits per heavy atom. The van der Waals surface area contributed by atoms with Crippen molar-refractivity contribution in [3.63, 3.8) is 0 Å². The highest BCUT2D eigenvalue weighted by molar-refractivity contribution is 5.35. The number of anilines is 1. The minimum Gasteiger partial charge on any atom is -0.370 e. The van der Waals surface area contributed by atoms with Crippen LogP contribution in [-0.2, 0) is 6.54 Å². The van der Waals surface area contributed by atoms with Crippen LogP contribution in [0, 0.1) is 0 Å². The zero-order valence-corrected chi connectivity index (χ0v) is 13.7. The van der Waals surface area contributed by atoms with Crippen molar-refractivity contribution in [1.29, 1.82) is 0 Å². The Morgan fingerprint density at radius 3 is 2.60 bits per heavy atom. The van der Waals surface area contributed by atoms with Gasteiger partial charge in [-0.15, -0.1) is 0 Å². The number of hydrogen-bond donors (Lipinski definition) is 1. The van der Waals surface area contributed by atoms with Gasteiger partial charge in [0.05, 0.1) is 5.69 Å². The summed E-state index contributed by atoms with van der Waals surface area (Å²) in [5, 5.41) is 3.36. The van der Waals surface area contributed by atoms with Gasteiger partial charge in [0.1, 0.15) is 5.82 Å². The molecule has 1 aromatic heterocycles. The van der Waals surface area contributed by atoms with Gasteiger partial charge in [-0.25, -0.2) is 4.98 Å². The lowest BCUT2D eigenvalue weighted by molar-refractivity contribution is 0.206. The molecule has 114 valence electrons. The molecule has 0 aromatic carbocycles. The van der Waals surface area contributed by atoms with E-state index in [2.05, 4.69) is 56.1 Å². The highest BCUT2D eigenvalue weighted by Gasteiger charge is 2.10. The fourth-order valence-corrected chi connectivity index (χ4v) is 2.21. The van der Waals surface area contributed by atoms with Crippen LogP contribution >= 0.6 is 0 Å². The third-order valence-electron chi connectivity index (χ3n) is 3.51. The molecular weight excluding hydrogens is 246 g/mol. The lowest BCUT2D eigenvalue weighted by Gasteiger charge is -2.26. The molecule has 3 nitrogen and oxygen atoms in total. The fourth-order valence-electron chi connectivity index (χ4n) is 2.21. The maximum atomic E-state index is 4.71. The Kier molecular flexibility index (Phi) is 8.28. The molecule has 20 heavy (non-hydrogen) atoms. The molecule has 0 amide bonds. The molecule has 0 unspecified atom stereocenters. The van der Waals surface area contributed by atoms with E-state index in [1.54, 1.807) is 0 Å². The first-order chi connectivity index (χ1) is 9.67. The van der Waals surface area contributed by atoms with E-state index in [1.807, 2.05) is 0 Å². The van der Waals surface area contributed by atoms with Gasteiger partial charge in [0, 0.05) is 19.1 Å². The SMILES string of the molecule is CCCCCN(Cc1cccc(NCCC)n1)C(C)C. The number of nitrogens with one attached hydrogen (secondary N) is 1. The highest BCUT2D eigenvalue weighted by atomic mass is 15.2. The number of aromatic nitrogens is 1. The standard InChI is InChI=1S/C17H31N3/c1-5-7-8-13-20(15(3)4)14-16-10-9-11-17(19-16)18-12-6-2/h9-11,15H,5-8,12-14H2,1-4H3,(H,18,19). The number of hydrogen-bond acceptors (Lipinski definition) is 3. The summed E-state index contributed by atoms with van der Waals surface area (Å²) in [5.74, 6) is 1.00. The van der Waals surface area contributed by atoms with Crippen LogP contribution in [0.25, 0.3) is 0 Å². The average molecular weight is 277 g/mol. The summed E-state index contributed by atoms with van der Waals surface area (Å²) in [6.45, 7) is 12.1. The molecule has 1 N–H and O–H groups in total. The molecule has 0 radical (unpaired) electrons. The molecule has 0 fully saturated rings. The van der Waals surface area contributed by atoms with Crippen LogP contribution in [0.15, 0.2) is 18.2 Å². The van der Waals surface area contributed by atoms with Gasteiger partial charge in [-0.05, 0) is 45.4 Å². The highest BCUT2D eigenvalue weighted by Crippen LogP contribution is 2.11. The number of pyridine rings is 1. The normalized spacial score (nSPS) is 11.3. The van der Waals surface area contributed by atoms with Crippen LogP contribution in [0.3, 0.4) is 0 Å². The third-order valence-corrected chi connectivity index (χ3v) is 3.51. The molecule has 1 aromatic rings. The summed E-state index contributed by atoms with van der Waals surface area (Å²) in [4.78, 5) is 7.22. The molecular formula is C17H31N3. The fraction of sp³-hybridized carbons (Fsp3) is 0.706. The first-order valence-corrected chi connectivity index (χ1v) is 8.11. The maximum absolute atomic E-state index is 4.71. The van der Waals surface area contributed by atoms with Gasteiger partial charge in [-0.2, -0.15) is 0 Å². The second kappa shape index (κ2) is 9.76. The van der Waals surface area contributed by atoms with Crippen LogP contribution in [-0.4, -0.2) is 29.0 Å². The van der Waals surface area contributed by atoms with Crippen molar-refractivity contribution < 1.29 is 0 Å². The molecule has 0 atom stereocenters. The first-order valence-electron chi connectivity index (χ1n) is 8.11. The van der Waals surface area contributed by atoms with Gasteiger partial charge in [-0.1, -0.05) is 32.8 Å². The second-order valence-electron chi connectivity index (χ2n) is 5.71. The summed E-state index contributed by atoms with van der Waals surface area (Å²) < 4.78 is 0. The lowest BCUT2D eigenvalue weighted by atomic mass is 10.2. The van der Waals surface area contributed by atoms with Crippen molar-refractivity contribution in [3.05, 3.63) is 23.9 Å². The summed E-state index contributed by atoms with van der Waals surface area (Å²) in [6.07, 6.45) is 5.00. The van der Waals surface area contributed by atoms with E-state index >= 15 is 0 Å². The topological polar surface area (TPSA) is 28.2 Å². The quantitative estimate of drug-likeness (QED) is 0.646. The van der Waals surface area contributed by atoms with Gasteiger partial charge >= 0.3 is 0 Å². The zero-order valence-electron chi connectivity index (χ0n) is 13.7. The van der Waals surface area contributed by atoms with Crippen LogP contribution in [0.4, 0.5) is 5.82 Å². The van der Waals surface area contributed by atoms with Gasteiger partial charge in [-0.3, -0.25) is 4.90 Å². The Balaban J connectivity index is 2.58. The summed E-state index contributed by atoms with van der Waals surface area (Å²) in [5.41, 5.74) is 1.16. The molecule has 0 saturated carbocycles. The monoisotopic (exact) mass is 277 g/mol. The lowest BCUT2D eigenvalue weighted by Crippen LogP contribution is -2.31. The van der Waals surface area contributed by atoms with E-state index in [4.69, 9.17) is 4.98 Å². The largest absolute Gasteiger partial charge is 0.370 e. The number of nitrogens with zero attached hydrogens (tertiary/aromatic N) is 2. The molecule has 0 bridgehead atoms. The van der Waals surface area contributed by atoms with Crippen molar-refractivity contribution in [1.82, 2.24) is 9.88 Å². The van der Waals surface area contributed by atoms with Gasteiger partial charge in [0.25, 0.3) is 0 Å². The molecule has 0 saturated heterocycles. The van der Waals surface area contributed by atoms with E-state index in [9.17, 15) is 0 Å². The van der Waals surface area contributed by atoms with E-state index in [-0.39, 0.29) is 0 Å². The van der Waals surface area contributed by atoms with Crippen LogP contribution in [0.5, 0.6) is 0 Å². The average Bonchev–Trinajstić information content (AvgIpc) is 2.44. The first kappa shape index (κ1) is 17.0. The van der Waals surface area contributed by atoms with Gasteiger partial charge < -0.3 is 5.32 Å². The second-order valence-corrected chi connectivity index (χ2v) is 5.71. The number of rotatable bonds is 10. The predicted octanol–water partition coefficient (Wildman–Crippen LogP) is 4.30. The Labute approximate surface area is 124 Å².